The lowest BCUT2D eigenvalue weighted by atomic mass is 9.73. The number of H-pyrrole nitrogens is 1. The van der Waals surface area contributed by atoms with Crippen molar-refractivity contribution in [1.29, 1.82) is 5.26 Å². The van der Waals surface area contributed by atoms with Gasteiger partial charge in [-0.25, -0.2) is 9.37 Å². The second-order valence-corrected chi connectivity index (χ2v) is 10.4. The Morgan fingerprint density at radius 2 is 2.03 bits per heavy atom. The fourth-order valence-corrected chi connectivity index (χ4v) is 5.50. The molecule has 1 aliphatic heterocycles. The average Bonchev–Trinajstić information content (AvgIpc) is 3.47. The van der Waals surface area contributed by atoms with Gasteiger partial charge in [-0.05, 0) is 64.0 Å². The van der Waals surface area contributed by atoms with Gasteiger partial charge in [-0.1, -0.05) is 25.0 Å². The number of hydrogen-bond acceptors (Lipinski definition) is 5. The second kappa shape index (κ2) is 9.32. The van der Waals surface area contributed by atoms with E-state index in [2.05, 4.69) is 16.0 Å². The van der Waals surface area contributed by atoms with Crippen LogP contribution in [0.2, 0.25) is 0 Å². The Morgan fingerprint density at radius 3 is 2.62 bits per heavy atom. The van der Waals surface area contributed by atoms with Crippen molar-refractivity contribution in [3.63, 3.8) is 0 Å². The number of cyclic esters (lactones) is 1. The molecule has 0 spiro atoms. The van der Waals surface area contributed by atoms with Crippen molar-refractivity contribution in [1.82, 2.24) is 9.97 Å². The molecule has 7 heteroatoms. The van der Waals surface area contributed by atoms with Crippen LogP contribution in [0, 0.1) is 35.9 Å². The smallest absolute Gasteiger partial charge is 0.317 e. The standard InChI is InChI=1S/C27H32FN3O3/c1-17-23(31-16-30-17)13-20-24(32)14-27(34-25(20)33,19-6-4-5-7-19)11-10-18-8-9-21(22(28)12-18)26(2,3)15-29/h8-9,12,16,19-20H,4-7,10-11,13-14H2,1-3H3,(H,30,31). The molecule has 2 aromatic rings. The van der Waals surface area contributed by atoms with Gasteiger partial charge in [0.05, 0.1) is 23.5 Å². The molecule has 4 rings (SSSR count). The first-order chi connectivity index (χ1) is 16.1. The van der Waals surface area contributed by atoms with Crippen LogP contribution in [-0.2, 0) is 32.6 Å². The maximum Gasteiger partial charge on any atom is 0.317 e. The molecule has 1 aliphatic carbocycles. The number of aromatic amines is 1. The first kappa shape index (κ1) is 24.1. The number of benzene rings is 1. The van der Waals surface area contributed by atoms with Crippen molar-refractivity contribution in [2.24, 2.45) is 11.8 Å². The predicted molar refractivity (Wildman–Crippen MR) is 124 cm³/mol. The molecule has 1 saturated heterocycles. The summed E-state index contributed by atoms with van der Waals surface area (Å²) in [4.78, 5) is 33.6. The summed E-state index contributed by atoms with van der Waals surface area (Å²) in [7, 11) is 0. The minimum absolute atomic E-state index is 0.0946. The number of nitrogens with one attached hydrogen (secondary N) is 1. The molecule has 0 radical (unpaired) electrons. The molecule has 2 aliphatic rings. The number of halogens is 1. The number of rotatable bonds is 7. The maximum absolute atomic E-state index is 14.8. The number of aryl methyl sites for hydroxylation is 2. The fourth-order valence-electron chi connectivity index (χ4n) is 5.50. The van der Waals surface area contributed by atoms with E-state index in [1.807, 2.05) is 13.0 Å². The van der Waals surface area contributed by atoms with Gasteiger partial charge in [0.2, 0.25) is 0 Å². The Labute approximate surface area is 199 Å². The number of ether oxygens (including phenoxy) is 1. The monoisotopic (exact) mass is 465 g/mol. The molecule has 2 unspecified atom stereocenters. The predicted octanol–water partition coefficient (Wildman–Crippen LogP) is 4.89. The first-order valence-corrected chi connectivity index (χ1v) is 12.1. The number of imidazole rings is 1. The van der Waals surface area contributed by atoms with Gasteiger partial charge in [0.1, 0.15) is 17.3 Å². The maximum atomic E-state index is 14.8. The number of nitriles is 1. The Hall–Kier alpha value is -3.01. The zero-order valence-corrected chi connectivity index (χ0v) is 20.1. The molecule has 1 N–H and O–H groups in total. The summed E-state index contributed by atoms with van der Waals surface area (Å²) in [5, 5.41) is 9.33. The second-order valence-electron chi connectivity index (χ2n) is 10.4. The number of hydrogen-bond donors (Lipinski definition) is 1. The molecule has 1 aromatic carbocycles. The number of carbonyl (C=O) groups excluding carboxylic acids is 2. The van der Waals surface area contributed by atoms with Crippen LogP contribution < -0.4 is 0 Å². The number of ketones is 1. The van der Waals surface area contributed by atoms with Crippen molar-refractivity contribution in [3.8, 4) is 6.07 Å². The zero-order valence-electron chi connectivity index (χ0n) is 20.1. The Balaban J connectivity index is 1.53. The van der Waals surface area contributed by atoms with E-state index in [-0.39, 0.29) is 24.5 Å². The van der Waals surface area contributed by atoms with E-state index in [0.717, 1.165) is 36.9 Å². The van der Waals surface area contributed by atoms with Crippen LogP contribution in [-0.4, -0.2) is 27.3 Å². The lowest BCUT2D eigenvalue weighted by Crippen LogP contribution is -2.52. The van der Waals surface area contributed by atoms with E-state index in [0.29, 0.717) is 24.1 Å². The molecule has 2 heterocycles. The molecule has 34 heavy (non-hydrogen) atoms. The number of nitrogens with zero attached hydrogens (tertiary/aromatic N) is 2. The summed E-state index contributed by atoms with van der Waals surface area (Å²) >= 11 is 0. The molecular weight excluding hydrogens is 433 g/mol. The van der Waals surface area contributed by atoms with Crippen LogP contribution in [0.25, 0.3) is 0 Å². The van der Waals surface area contributed by atoms with Gasteiger partial charge in [-0.2, -0.15) is 5.26 Å². The topological polar surface area (TPSA) is 95.8 Å². The van der Waals surface area contributed by atoms with Crippen molar-refractivity contribution >= 4 is 11.8 Å². The summed E-state index contributed by atoms with van der Waals surface area (Å²) in [6.45, 7) is 5.24. The van der Waals surface area contributed by atoms with Gasteiger partial charge in [0.25, 0.3) is 0 Å². The summed E-state index contributed by atoms with van der Waals surface area (Å²) in [6.07, 6.45) is 6.93. The quantitative estimate of drug-likeness (QED) is 0.464. The number of carbonyl (C=O) groups is 2. The van der Waals surface area contributed by atoms with Crippen LogP contribution in [0.3, 0.4) is 0 Å². The number of esters is 1. The van der Waals surface area contributed by atoms with Gasteiger partial charge in [-0.3, -0.25) is 9.59 Å². The van der Waals surface area contributed by atoms with E-state index in [4.69, 9.17) is 4.74 Å². The highest BCUT2D eigenvalue weighted by atomic mass is 19.1. The third kappa shape index (κ3) is 4.64. The van der Waals surface area contributed by atoms with Gasteiger partial charge in [0, 0.05) is 24.1 Å². The summed E-state index contributed by atoms with van der Waals surface area (Å²) in [5.41, 5.74) is 0.923. The molecule has 6 nitrogen and oxygen atoms in total. The van der Waals surface area contributed by atoms with Gasteiger partial charge < -0.3 is 9.72 Å². The van der Waals surface area contributed by atoms with E-state index in [1.165, 1.54) is 6.07 Å². The number of Topliss-reactive ketones (excluding diaryl/α,β-unsaturated/α-hetero) is 1. The minimum Gasteiger partial charge on any atom is -0.458 e. The summed E-state index contributed by atoms with van der Waals surface area (Å²) < 4.78 is 20.9. The lowest BCUT2D eigenvalue weighted by Gasteiger charge is -2.43. The van der Waals surface area contributed by atoms with Crippen LogP contribution >= 0.6 is 0 Å². The molecule has 2 atom stereocenters. The molecule has 2 fully saturated rings. The molecule has 1 aromatic heterocycles. The van der Waals surface area contributed by atoms with E-state index in [9.17, 15) is 19.2 Å². The Bertz CT molecular complexity index is 1110. The third-order valence-corrected chi connectivity index (χ3v) is 7.70. The minimum atomic E-state index is -0.916. The number of aromatic nitrogens is 2. The zero-order chi connectivity index (χ0) is 24.5. The molecule has 180 valence electrons. The molecule has 0 amide bonds. The lowest BCUT2D eigenvalue weighted by molar-refractivity contribution is -0.185. The SMILES string of the molecule is Cc1[nH]cnc1CC1C(=O)CC(CCc2ccc(C(C)(C)C#N)c(F)c2)(C2CCCC2)OC1=O. The van der Waals surface area contributed by atoms with Gasteiger partial charge in [-0.15, -0.1) is 0 Å². The summed E-state index contributed by atoms with van der Waals surface area (Å²) in [5.74, 6) is -1.67. The van der Waals surface area contributed by atoms with Gasteiger partial charge >= 0.3 is 5.97 Å². The van der Waals surface area contributed by atoms with Crippen molar-refractivity contribution in [2.75, 3.05) is 0 Å². The molecule has 1 saturated carbocycles. The Kier molecular flexibility index (Phi) is 6.62. The highest BCUT2D eigenvalue weighted by Crippen LogP contribution is 2.45. The van der Waals surface area contributed by atoms with E-state index < -0.39 is 28.7 Å². The largest absolute Gasteiger partial charge is 0.458 e. The van der Waals surface area contributed by atoms with Crippen LogP contribution in [0.4, 0.5) is 4.39 Å². The van der Waals surface area contributed by atoms with Crippen molar-refractivity contribution in [2.45, 2.75) is 83.2 Å². The van der Waals surface area contributed by atoms with E-state index in [1.54, 1.807) is 26.2 Å². The molecule has 0 bridgehead atoms. The van der Waals surface area contributed by atoms with Crippen LogP contribution in [0.1, 0.15) is 74.9 Å². The normalized spacial score (nSPS) is 23.7. The average molecular weight is 466 g/mol. The highest BCUT2D eigenvalue weighted by Gasteiger charge is 2.51. The third-order valence-electron chi connectivity index (χ3n) is 7.70. The highest BCUT2D eigenvalue weighted by molar-refractivity contribution is 6.01. The van der Waals surface area contributed by atoms with Crippen molar-refractivity contribution < 1.29 is 18.7 Å². The van der Waals surface area contributed by atoms with Crippen molar-refractivity contribution in [3.05, 3.63) is 52.9 Å². The van der Waals surface area contributed by atoms with E-state index >= 15 is 0 Å². The Morgan fingerprint density at radius 1 is 1.29 bits per heavy atom. The van der Waals surface area contributed by atoms with Crippen LogP contribution in [0.5, 0.6) is 0 Å². The summed E-state index contributed by atoms with van der Waals surface area (Å²) in [6, 6.07) is 7.09. The molecular formula is C27H32FN3O3. The van der Waals surface area contributed by atoms with Gasteiger partial charge in [0.15, 0.2) is 5.78 Å². The fraction of sp³-hybridized carbons (Fsp3) is 0.556. The first-order valence-electron chi connectivity index (χ1n) is 12.1. The van der Waals surface area contributed by atoms with Crippen LogP contribution in [0.15, 0.2) is 24.5 Å².